The number of sulfonamides is 1. The van der Waals surface area contributed by atoms with Crippen LogP contribution in [0.4, 0.5) is 18.9 Å². The van der Waals surface area contributed by atoms with Gasteiger partial charge in [0.05, 0.1) is 22.1 Å². The van der Waals surface area contributed by atoms with E-state index in [1.807, 2.05) is 13.8 Å². The van der Waals surface area contributed by atoms with Gasteiger partial charge in [-0.1, -0.05) is 6.07 Å². The van der Waals surface area contributed by atoms with Gasteiger partial charge in [0, 0.05) is 5.69 Å². The van der Waals surface area contributed by atoms with Crippen LogP contribution < -0.4 is 19.9 Å². The highest BCUT2D eigenvalue weighted by Gasteiger charge is 2.32. The van der Waals surface area contributed by atoms with Gasteiger partial charge < -0.3 is 14.8 Å². The average molecular weight is 494 g/mol. The van der Waals surface area contributed by atoms with Crippen LogP contribution in [0, 0.1) is 0 Å². The van der Waals surface area contributed by atoms with E-state index >= 15 is 0 Å². The van der Waals surface area contributed by atoms with E-state index in [-0.39, 0.29) is 28.2 Å². The molecule has 0 saturated heterocycles. The number of carbonyl (C=O) groups excluding carboxylic acids is 1. The van der Waals surface area contributed by atoms with Crippen LogP contribution in [0.1, 0.15) is 29.8 Å². The van der Waals surface area contributed by atoms with E-state index in [1.54, 1.807) is 24.3 Å². The first kappa shape index (κ1) is 25.1. The van der Waals surface area contributed by atoms with Crippen LogP contribution in [0.5, 0.6) is 17.2 Å². The topological polar surface area (TPSA) is 108 Å². The third kappa shape index (κ3) is 6.49. The van der Waals surface area contributed by atoms with Gasteiger partial charge in [-0.2, -0.15) is 13.2 Å². The third-order valence-corrected chi connectivity index (χ3v) is 5.31. The number of alkyl halides is 3. The zero-order chi connectivity index (χ0) is 25.1. The quantitative estimate of drug-likeness (QED) is 0.470. The number of benzene rings is 3. The summed E-state index contributed by atoms with van der Waals surface area (Å²) >= 11 is 0. The van der Waals surface area contributed by atoms with Crippen LogP contribution in [0.25, 0.3) is 0 Å². The predicted octanol–water partition coefficient (Wildman–Crippen LogP) is 5.18. The summed E-state index contributed by atoms with van der Waals surface area (Å²) in [4.78, 5) is 12.6. The predicted molar refractivity (Wildman–Crippen MR) is 119 cm³/mol. The minimum atomic E-state index is -4.70. The number of rotatable bonds is 7. The van der Waals surface area contributed by atoms with E-state index in [1.165, 1.54) is 18.2 Å². The lowest BCUT2D eigenvalue weighted by Gasteiger charge is -2.15. The Morgan fingerprint density at radius 2 is 1.62 bits per heavy atom. The van der Waals surface area contributed by atoms with Crippen LogP contribution in [0.3, 0.4) is 0 Å². The molecule has 0 saturated carbocycles. The average Bonchev–Trinajstić information content (AvgIpc) is 2.74. The highest BCUT2D eigenvalue weighted by atomic mass is 32.2. The third-order valence-electron chi connectivity index (χ3n) is 4.40. The van der Waals surface area contributed by atoms with E-state index in [9.17, 15) is 26.4 Å². The van der Waals surface area contributed by atoms with Gasteiger partial charge >= 0.3 is 6.18 Å². The van der Waals surface area contributed by atoms with Gasteiger partial charge in [-0.05, 0) is 74.5 Å². The lowest BCUT2D eigenvalue weighted by molar-refractivity contribution is -0.137. The number of nitrogens with two attached hydrogens (primary N) is 1. The first-order valence-corrected chi connectivity index (χ1v) is 11.5. The maximum atomic E-state index is 13.3. The van der Waals surface area contributed by atoms with E-state index in [4.69, 9.17) is 14.6 Å². The second-order valence-corrected chi connectivity index (χ2v) is 9.04. The molecule has 0 aliphatic carbocycles. The monoisotopic (exact) mass is 494 g/mol. The summed E-state index contributed by atoms with van der Waals surface area (Å²) in [6, 6.07) is 13.8. The minimum Gasteiger partial charge on any atom is -0.491 e. The van der Waals surface area contributed by atoms with Crippen molar-refractivity contribution in [1.29, 1.82) is 0 Å². The molecule has 3 aromatic carbocycles. The molecular weight excluding hydrogens is 473 g/mol. The molecule has 3 rings (SSSR count). The fourth-order valence-electron chi connectivity index (χ4n) is 2.91. The largest absolute Gasteiger partial charge is 0.491 e. The molecule has 11 heteroatoms. The first-order valence-electron chi connectivity index (χ1n) is 9.93. The van der Waals surface area contributed by atoms with Gasteiger partial charge in [-0.25, -0.2) is 13.6 Å². The number of hydrogen-bond acceptors (Lipinski definition) is 5. The summed E-state index contributed by atoms with van der Waals surface area (Å²) in [5.74, 6) is -0.235. The lowest BCUT2D eigenvalue weighted by Crippen LogP contribution is -2.16. The summed E-state index contributed by atoms with van der Waals surface area (Å²) in [5.41, 5.74) is -1.43. The van der Waals surface area contributed by atoms with Gasteiger partial charge in [-0.3, -0.25) is 4.79 Å². The fourth-order valence-corrected chi connectivity index (χ4v) is 3.47. The maximum absolute atomic E-state index is 13.3. The van der Waals surface area contributed by atoms with Gasteiger partial charge in [0.1, 0.15) is 17.2 Å². The highest BCUT2D eigenvalue weighted by Crippen LogP contribution is 2.35. The van der Waals surface area contributed by atoms with Crippen molar-refractivity contribution in [2.75, 3.05) is 5.32 Å². The number of primary sulfonamides is 1. The van der Waals surface area contributed by atoms with Crippen molar-refractivity contribution in [3.63, 3.8) is 0 Å². The van der Waals surface area contributed by atoms with Crippen molar-refractivity contribution in [3.8, 4) is 17.2 Å². The van der Waals surface area contributed by atoms with Crippen molar-refractivity contribution in [3.05, 3.63) is 77.9 Å². The molecule has 0 fully saturated rings. The van der Waals surface area contributed by atoms with Crippen molar-refractivity contribution in [1.82, 2.24) is 0 Å². The molecule has 0 aliphatic heterocycles. The Balaban J connectivity index is 1.93. The van der Waals surface area contributed by atoms with Gasteiger partial charge in [0.2, 0.25) is 10.0 Å². The molecule has 0 atom stereocenters. The Bertz CT molecular complexity index is 1290. The second-order valence-electron chi connectivity index (χ2n) is 7.48. The van der Waals surface area contributed by atoms with E-state index < -0.39 is 33.2 Å². The molecule has 0 heterocycles. The summed E-state index contributed by atoms with van der Waals surface area (Å²) in [7, 11) is -4.05. The number of ether oxygens (including phenoxy) is 2. The molecule has 0 aromatic heterocycles. The number of hydrogen-bond donors (Lipinski definition) is 2. The summed E-state index contributed by atoms with van der Waals surface area (Å²) in [6.07, 6.45) is -4.75. The van der Waals surface area contributed by atoms with E-state index in [0.717, 1.165) is 18.2 Å². The van der Waals surface area contributed by atoms with Gasteiger partial charge in [-0.15, -0.1) is 0 Å². The normalized spacial score (nSPS) is 11.9. The number of anilines is 1. The SMILES string of the molecule is CC(C)Oc1ccc(Oc2ccc(C(F)(F)F)cc2C(=O)Nc2cccc(S(N)(=O)=O)c2)cc1. The molecule has 7 nitrogen and oxygen atoms in total. The smallest absolute Gasteiger partial charge is 0.416 e. The van der Waals surface area contributed by atoms with Crippen LogP contribution >= 0.6 is 0 Å². The fraction of sp³-hybridized carbons (Fsp3) is 0.174. The second kappa shape index (κ2) is 9.74. The summed E-state index contributed by atoms with van der Waals surface area (Å²) < 4.78 is 74.2. The molecule has 1 amide bonds. The van der Waals surface area contributed by atoms with E-state index in [0.29, 0.717) is 11.8 Å². The Hall–Kier alpha value is -3.57. The zero-order valence-electron chi connectivity index (χ0n) is 18.1. The number of carbonyl (C=O) groups is 1. The standard InChI is InChI=1S/C23H21F3N2O5S/c1-14(2)32-17-7-9-18(10-8-17)33-21-11-6-15(23(24,25)26)12-20(21)22(29)28-16-4-3-5-19(13-16)34(27,30)31/h3-14H,1-2H3,(H,28,29)(H2,27,30,31). The Morgan fingerprint density at radius 3 is 2.21 bits per heavy atom. The molecular formula is C23H21F3N2O5S. The molecule has 0 radical (unpaired) electrons. The molecule has 0 unspecified atom stereocenters. The molecule has 3 aromatic rings. The molecule has 0 aliphatic rings. The van der Waals surface area contributed by atoms with Gasteiger partial charge in [0.25, 0.3) is 5.91 Å². The summed E-state index contributed by atoms with van der Waals surface area (Å²) in [5, 5.41) is 7.47. The van der Waals surface area contributed by atoms with Crippen LogP contribution in [0.15, 0.2) is 71.6 Å². The number of halogens is 3. The van der Waals surface area contributed by atoms with Crippen LogP contribution in [0.2, 0.25) is 0 Å². The van der Waals surface area contributed by atoms with Crippen molar-refractivity contribution < 1.29 is 35.9 Å². The van der Waals surface area contributed by atoms with Crippen molar-refractivity contribution >= 4 is 21.6 Å². The van der Waals surface area contributed by atoms with Gasteiger partial charge in [0.15, 0.2) is 0 Å². The number of nitrogens with one attached hydrogen (secondary N) is 1. The molecule has 0 bridgehead atoms. The van der Waals surface area contributed by atoms with Crippen LogP contribution in [-0.2, 0) is 16.2 Å². The highest BCUT2D eigenvalue weighted by molar-refractivity contribution is 7.89. The van der Waals surface area contributed by atoms with Crippen LogP contribution in [-0.4, -0.2) is 20.4 Å². The Kier molecular flexibility index (Phi) is 7.18. The van der Waals surface area contributed by atoms with Crippen molar-refractivity contribution in [2.45, 2.75) is 31.0 Å². The maximum Gasteiger partial charge on any atom is 0.416 e. The molecule has 3 N–H and O–H groups in total. The molecule has 34 heavy (non-hydrogen) atoms. The Labute approximate surface area is 194 Å². The zero-order valence-corrected chi connectivity index (χ0v) is 18.9. The first-order chi connectivity index (χ1) is 15.8. The summed E-state index contributed by atoms with van der Waals surface area (Å²) in [6.45, 7) is 3.71. The lowest BCUT2D eigenvalue weighted by atomic mass is 10.1. The molecule has 180 valence electrons. The van der Waals surface area contributed by atoms with Crippen molar-refractivity contribution in [2.24, 2.45) is 5.14 Å². The molecule has 0 spiro atoms. The minimum absolute atomic E-state index is 0.0232. The van der Waals surface area contributed by atoms with E-state index in [2.05, 4.69) is 5.32 Å². The number of amides is 1. The Morgan fingerprint density at radius 1 is 0.971 bits per heavy atom.